The van der Waals surface area contributed by atoms with Crippen molar-refractivity contribution >= 4 is 0 Å². The van der Waals surface area contributed by atoms with E-state index in [1.54, 1.807) is 6.07 Å². The molecule has 0 radical (unpaired) electrons. The SMILES string of the molecule is CC(C)CNCC(C)CN(C)Cc1ccccc1F. The molecule has 108 valence electrons. The predicted octanol–water partition coefficient (Wildman–Crippen LogP) is 3.14. The Hall–Kier alpha value is -0.930. The first-order valence-electron chi connectivity index (χ1n) is 7.11. The van der Waals surface area contributed by atoms with Gasteiger partial charge in [0.2, 0.25) is 0 Å². The second-order valence-electron chi connectivity index (χ2n) is 5.95. The van der Waals surface area contributed by atoms with Gasteiger partial charge in [0.25, 0.3) is 0 Å². The van der Waals surface area contributed by atoms with Crippen LogP contribution in [-0.4, -0.2) is 31.6 Å². The van der Waals surface area contributed by atoms with Crippen molar-refractivity contribution in [3.63, 3.8) is 0 Å². The first kappa shape index (κ1) is 16.1. The van der Waals surface area contributed by atoms with Crippen LogP contribution in [0.1, 0.15) is 26.3 Å². The summed E-state index contributed by atoms with van der Waals surface area (Å²) in [5.74, 6) is 1.14. The molecule has 0 spiro atoms. The first-order valence-corrected chi connectivity index (χ1v) is 7.11. The van der Waals surface area contributed by atoms with Gasteiger partial charge < -0.3 is 10.2 Å². The van der Waals surface area contributed by atoms with Gasteiger partial charge in [0, 0.05) is 18.7 Å². The number of hydrogen-bond donors (Lipinski definition) is 1. The molecule has 1 aromatic carbocycles. The van der Waals surface area contributed by atoms with Crippen LogP contribution in [0.2, 0.25) is 0 Å². The topological polar surface area (TPSA) is 15.3 Å². The van der Waals surface area contributed by atoms with Gasteiger partial charge in [-0.3, -0.25) is 0 Å². The average molecular weight is 266 g/mol. The molecule has 1 aromatic rings. The maximum atomic E-state index is 13.5. The van der Waals surface area contributed by atoms with E-state index >= 15 is 0 Å². The molecule has 0 saturated carbocycles. The quantitative estimate of drug-likeness (QED) is 0.777. The third kappa shape index (κ3) is 6.69. The molecular formula is C16H27FN2. The van der Waals surface area contributed by atoms with Crippen LogP contribution >= 0.6 is 0 Å². The van der Waals surface area contributed by atoms with E-state index in [-0.39, 0.29) is 5.82 Å². The molecule has 0 aliphatic rings. The fraction of sp³-hybridized carbons (Fsp3) is 0.625. The number of hydrogen-bond acceptors (Lipinski definition) is 2. The highest BCUT2D eigenvalue weighted by molar-refractivity contribution is 5.16. The van der Waals surface area contributed by atoms with Crippen LogP contribution in [0.25, 0.3) is 0 Å². The van der Waals surface area contributed by atoms with Gasteiger partial charge in [-0.05, 0) is 38.0 Å². The van der Waals surface area contributed by atoms with E-state index in [1.165, 1.54) is 6.07 Å². The van der Waals surface area contributed by atoms with Gasteiger partial charge in [0.1, 0.15) is 5.82 Å². The van der Waals surface area contributed by atoms with Gasteiger partial charge >= 0.3 is 0 Å². The van der Waals surface area contributed by atoms with Crippen molar-refractivity contribution in [1.82, 2.24) is 10.2 Å². The highest BCUT2D eigenvalue weighted by Gasteiger charge is 2.09. The summed E-state index contributed by atoms with van der Waals surface area (Å²) in [6.07, 6.45) is 0. The van der Waals surface area contributed by atoms with Crippen molar-refractivity contribution in [3.05, 3.63) is 35.6 Å². The van der Waals surface area contributed by atoms with Gasteiger partial charge in [0.15, 0.2) is 0 Å². The minimum absolute atomic E-state index is 0.111. The van der Waals surface area contributed by atoms with Crippen molar-refractivity contribution in [2.75, 3.05) is 26.7 Å². The van der Waals surface area contributed by atoms with E-state index < -0.39 is 0 Å². The number of halogens is 1. The zero-order valence-corrected chi connectivity index (χ0v) is 12.6. The summed E-state index contributed by atoms with van der Waals surface area (Å²) < 4.78 is 13.5. The minimum Gasteiger partial charge on any atom is -0.316 e. The lowest BCUT2D eigenvalue weighted by Gasteiger charge is -2.22. The summed E-state index contributed by atoms with van der Waals surface area (Å²) in [7, 11) is 2.05. The third-order valence-electron chi connectivity index (χ3n) is 3.07. The van der Waals surface area contributed by atoms with Crippen molar-refractivity contribution < 1.29 is 4.39 Å². The smallest absolute Gasteiger partial charge is 0.127 e. The zero-order chi connectivity index (χ0) is 14.3. The number of nitrogens with zero attached hydrogens (tertiary/aromatic N) is 1. The minimum atomic E-state index is -0.111. The Morgan fingerprint density at radius 2 is 1.84 bits per heavy atom. The van der Waals surface area contributed by atoms with Gasteiger partial charge in [-0.1, -0.05) is 39.0 Å². The second-order valence-corrected chi connectivity index (χ2v) is 5.95. The summed E-state index contributed by atoms with van der Waals surface area (Å²) >= 11 is 0. The molecule has 1 atom stereocenters. The van der Waals surface area contributed by atoms with Crippen LogP contribution in [-0.2, 0) is 6.54 Å². The van der Waals surface area contributed by atoms with Gasteiger partial charge in [-0.15, -0.1) is 0 Å². The fourth-order valence-corrected chi connectivity index (χ4v) is 2.20. The Morgan fingerprint density at radius 3 is 2.47 bits per heavy atom. The van der Waals surface area contributed by atoms with E-state index in [4.69, 9.17) is 0 Å². The van der Waals surface area contributed by atoms with Crippen molar-refractivity contribution in [3.8, 4) is 0 Å². The molecule has 0 aliphatic heterocycles. The standard InChI is InChI=1S/C16H27FN2/c1-13(2)9-18-10-14(3)11-19(4)12-15-7-5-6-8-16(15)17/h5-8,13-14,18H,9-12H2,1-4H3. The van der Waals surface area contributed by atoms with Crippen LogP contribution in [0.4, 0.5) is 4.39 Å². The predicted molar refractivity (Wildman–Crippen MR) is 79.6 cm³/mol. The van der Waals surface area contributed by atoms with Crippen LogP contribution < -0.4 is 5.32 Å². The highest BCUT2D eigenvalue weighted by Crippen LogP contribution is 2.10. The van der Waals surface area contributed by atoms with Gasteiger partial charge in [-0.25, -0.2) is 4.39 Å². The molecule has 0 aromatic heterocycles. The van der Waals surface area contributed by atoms with E-state index in [2.05, 4.69) is 31.0 Å². The lowest BCUT2D eigenvalue weighted by atomic mass is 10.1. The molecule has 19 heavy (non-hydrogen) atoms. The molecule has 0 heterocycles. The lowest BCUT2D eigenvalue weighted by Crippen LogP contribution is -2.32. The largest absolute Gasteiger partial charge is 0.316 e. The third-order valence-corrected chi connectivity index (χ3v) is 3.07. The van der Waals surface area contributed by atoms with Crippen LogP contribution in [0.5, 0.6) is 0 Å². The van der Waals surface area contributed by atoms with Crippen LogP contribution in [0.3, 0.4) is 0 Å². The summed E-state index contributed by atoms with van der Waals surface area (Å²) in [6, 6.07) is 7.00. The normalized spacial score (nSPS) is 13.2. The Morgan fingerprint density at radius 1 is 1.16 bits per heavy atom. The Labute approximate surface area is 117 Å². The fourth-order valence-electron chi connectivity index (χ4n) is 2.20. The Balaban J connectivity index is 2.30. The van der Waals surface area contributed by atoms with Gasteiger partial charge in [-0.2, -0.15) is 0 Å². The molecular weight excluding hydrogens is 239 g/mol. The summed E-state index contributed by atoms with van der Waals surface area (Å²) in [6.45, 7) is 10.4. The molecule has 1 N–H and O–H groups in total. The number of nitrogens with one attached hydrogen (secondary N) is 1. The molecule has 2 nitrogen and oxygen atoms in total. The molecule has 0 saturated heterocycles. The average Bonchev–Trinajstić information content (AvgIpc) is 2.31. The van der Waals surface area contributed by atoms with E-state index in [9.17, 15) is 4.39 Å². The van der Waals surface area contributed by atoms with Crippen molar-refractivity contribution in [1.29, 1.82) is 0 Å². The Bertz CT molecular complexity index is 366. The Kier molecular flexibility index (Phi) is 7.03. The molecule has 0 amide bonds. The van der Waals surface area contributed by atoms with E-state index in [0.717, 1.165) is 25.2 Å². The maximum absolute atomic E-state index is 13.5. The molecule has 1 unspecified atom stereocenters. The van der Waals surface area contributed by atoms with Crippen LogP contribution in [0.15, 0.2) is 24.3 Å². The summed E-state index contributed by atoms with van der Waals surface area (Å²) in [5.41, 5.74) is 0.771. The zero-order valence-electron chi connectivity index (χ0n) is 12.6. The second kappa shape index (κ2) is 8.28. The van der Waals surface area contributed by atoms with E-state index in [1.807, 2.05) is 19.2 Å². The van der Waals surface area contributed by atoms with Crippen LogP contribution in [0, 0.1) is 17.7 Å². The molecule has 0 bridgehead atoms. The van der Waals surface area contributed by atoms with E-state index in [0.29, 0.717) is 18.4 Å². The molecule has 1 rings (SSSR count). The first-order chi connectivity index (χ1) is 8.99. The number of benzene rings is 1. The molecule has 0 aliphatic carbocycles. The highest BCUT2D eigenvalue weighted by atomic mass is 19.1. The summed E-state index contributed by atoms with van der Waals surface area (Å²) in [5, 5.41) is 3.46. The maximum Gasteiger partial charge on any atom is 0.127 e. The van der Waals surface area contributed by atoms with Gasteiger partial charge in [0.05, 0.1) is 0 Å². The monoisotopic (exact) mass is 266 g/mol. The summed E-state index contributed by atoms with van der Waals surface area (Å²) in [4.78, 5) is 2.18. The molecule has 3 heteroatoms. The van der Waals surface area contributed by atoms with Crippen molar-refractivity contribution in [2.45, 2.75) is 27.3 Å². The van der Waals surface area contributed by atoms with Crippen molar-refractivity contribution in [2.24, 2.45) is 11.8 Å². The lowest BCUT2D eigenvalue weighted by molar-refractivity contribution is 0.269. The number of rotatable bonds is 8. The molecule has 0 fully saturated rings.